The molecule has 1 aromatic rings. The van der Waals surface area contributed by atoms with Gasteiger partial charge in [0.2, 0.25) is 0 Å². The second-order valence-corrected chi connectivity index (χ2v) is 7.17. The van der Waals surface area contributed by atoms with Crippen LogP contribution in [0.25, 0.3) is 0 Å². The molecule has 1 saturated heterocycles. The van der Waals surface area contributed by atoms with E-state index in [-0.39, 0.29) is 6.10 Å². The second kappa shape index (κ2) is 8.22. The number of hydrogen-bond acceptors (Lipinski definition) is 5. The first kappa shape index (κ1) is 16.9. The van der Waals surface area contributed by atoms with E-state index in [1.54, 1.807) is 0 Å². The quantitative estimate of drug-likeness (QED) is 0.840. The Kier molecular flexibility index (Phi) is 6.61. The minimum absolute atomic E-state index is 0.157. The lowest BCUT2D eigenvalue weighted by atomic mass is 10.1. The zero-order valence-electron chi connectivity index (χ0n) is 13.8. The first-order chi connectivity index (χ1) is 10.1. The number of thiazole rings is 1. The minimum Gasteiger partial charge on any atom is -0.368 e. The first-order valence-corrected chi connectivity index (χ1v) is 8.98. The molecule has 1 unspecified atom stereocenters. The highest BCUT2D eigenvalue weighted by atomic mass is 32.1. The van der Waals surface area contributed by atoms with E-state index >= 15 is 0 Å². The molecule has 1 aromatic heterocycles. The highest BCUT2D eigenvalue weighted by Gasteiger charge is 2.25. The fraction of sp³-hybridized carbons (Fsp3) is 0.812. The van der Waals surface area contributed by atoms with Crippen LogP contribution in [0.3, 0.4) is 0 Å². The van der Waals surface area contributed by atoms with Crippen molar-refractivity contribution in [3.05, 3.63) is 15.6 Å². The van der Waals surface area contributed by atoms with Crippen LogP contribution in [-0.2, 0) is 17.7 Å². The lowest BCUT2D eigenvalue weighted by Crippen LogP contribution is -2.38. The van der Waals surface area contributed by atoms with Gasteiger partial charge >= 0.3 is 0 Å². The van der Waals surface area contributed by atoms with Gasteiger partial charge in [-0.05, 0) is 25.4 Å². The fourth-order valence-corrected chi connectivity index (χ4v) is 3.71. The molecule has 1 aliphatic rings. The number of rotatable bonds is 7. The van der Waals surface area contributed by atoms with Gasteiger partial charge in [0.25, 0.3) is 0 Å². The Balaban J connectivity index is 2.13. The van der Waals surface area contributed by atoms with E-state index in [0.717, 1.165) is 50.8 Å². The topological polar surface area (TPSA) is 37.4 Å². The van der Waals surface area contributed by atoms with Gasteiger partial charge in [-0.3, -0.25) is 4.90 Å². The van der Waals surface area contributed by atoms with Crippen LogP contribution >= 0.6 is 11.3 Å². The number of morpholine rings is 1. The third kappa shape index (κ3) is 4.74. The van der Waals surface area contributed by atoms with E-state index in [2.05, 4.69) is 37.9 Å². The molecule has 1 fully saturated rings. The maximum absolute atomic E-state index is 5.96. The Morgan fingerprint density at radius 1 is 1.43 bits per heavy atom. The van der Waals surface area contributed by atoms with Crippen LogP contribution in [0.4, 0.5) is 0 Å². The Hall–Kier alpha value is -0.490. The third-order valence-corrected chi connectivity index (χ3v) is 4.99. The maximum Gasteiger partial charge on any atom is 0.123 e. The molecule has 2 rings (SSSR count). The van der Waals surface area contributed by atoms with E-state index in [4.69, 9.17) is 9.72 Å². The van der Waals surface area contributed by atoms with Gasteiger partial charge in [0.1, 0.15) is 11.1 Å². The summed E-state index contributed by atoms with van der Waals surface area (Å²) in [5.74, 6) is 0.639. The number of nitrogens with one attached hydrogen (secondary N) is 1. The van der Waals surface area contributed by atoms with Gasteiger partial charge in [0.15, 0.2) is 0 Å². The number of hydrogen-bond donors (Lipinski definition) is 1. The van der Waals surface area contributed by atoms with Gasteiger partial charge in [0, 0.05) is 24.5 Å². The van der Waals surface area contributed by atoms with Crippen LogP contribution in [0.15, 0.2) is 0 Å². The van der Waals surface area contributed by atoms with E-state index in [1.165, 1.54) is 10.6 Å². The lowest BCUT2D eigenvalue weighted by Gasteiger charge is -2.30. The summed E-state index contributed by atoms with van der Waals surface area (Å²) in [4.78, 5) is 8.76. The van der Waals surface area contributed by atoms with Crippen molar-refractivity contribution in [1.29, 1.82) is 0 Å². The molecule has 4 nitrogen and oxygen atoms in total. The standard InChI is InChI=1S/C16H29N3OS/c1-5-17-10-15-13(9-12(3)4)18-16(21-15)14-11-19(6-2)7-8-20-14/h12,14,17H,5-11H2,1-4H3. The van der Waals surface area contributed by atoms with E-state index in [9.17, 15) is 0 Å². The molecule has 0 saturated carbocycles. The summed E-state index contributed by atoms with van der Waals surface area (Å²) in [5.41, 5.74) is 1.27. The van der Waals surface area contributed by atoms with Crippen molar-refractivity contribution in [2.24, 2.45) is 5.92 Å². The Morgan fingerprint density at radius 3 is 2.90 bits per heavy atom. The molecule has 2 heterocycles. The van der Waals surface area contributed by atoms with Crippen molar-refractivity contribution in [3.8, 4) is 0 Å². The molecule has 0 spiro atoms. The molecule has 0 aromatic carbocycles. The Labute approximate surface area is 132 Å². The zero-order valence-corrected chi connectivity index (χ0v) is 14.6. The fourth-order valence-electron chi connectivity index (χ4n) is 2.60. The average Bonchev–Trinajstić information content (AvgIpc) is 2.87. The summed E-state index contributed by atoms with van der Waals surface area (Å²) in [7, 11) is 0. The largest absolute Gasteiger partial charge is 0.368 e. The van der Waals surface area contributed by atoms with Crippen LogP contribution in [0.2, 0.25) is 0 Å². The summed E-state index contributed by atoms with van der Waals surface area (Å²) >= 11 is 1.84. The van der Waals surface area contributed by atoms with Crippen LogP contribution in [0.1, 0.15) is 49.4 Å². The summed E-state index contributed by atoms with van der Waals surface area (Å²) < 4.78 is 5.96. The molecule has 1 aliphatic heterocycles. The van der Waals surface area contributed by atoms with Crippen molar-refractivity contribution in [2.75, 3.05) is 32.8 Å². The average molecular weight is 311 g/mol. The maximum atomic E-state index is 5.96. The summed E-state index contributed by atoms with van der Waals surface area (Å²) in [6, 6.07) is 0. The number of aromatic nitrogens is 1. The molecule has 21 heavy (non-hydrogen) atoms. The number of likely N-dealkylation sites (N-methyl/N-ethyl adjacent to an activating group) is 1. The molecule has 0 radical (unpaired) electrons. The molecular weight excluding hydrogens is 282 g/mol. The van der Waals surface area contributed by atoms with Gasteiger partial charge in [-0.1, -0.05) is 27.7 Å². The lowest BCUT2D eigenvalue weighted by molar-refractivity contribution is -0.0283. The van der Waals surface area contributed by atoms with Crippen molar-refractivity contribution in [2.45, 2.75) is 46.8 Å². The molecular formula is C16H29N3OS. The summed E-state index contributed by atoms with van der Waals surface area (Å²) in [6.45, 7) is 14.7. The molecule has 5 heteroatoms. The van der Waals surface area contributed by atoms with Crippen LogP contribution < -0.4 is 5.32 Å². The van der Waals surface area contributed by atoms with Gasteiger partial charge < -0.3 is 10.1 Å². The van der Waals surface area contributed by atoms with Crippen molar-refractivity contribution in [1.82, 2.24) is 15.2 Å². The van der Waals surface area contributed by atoms with E-state index in [0.29, 0.717) is 5.92 Å². The predicted molar refractivity (Wildman–Crippen MR) is 88.8 cm³/mol. The highest BCUT2D eigenvalue weighted by Crippen LogP contribution is 2.30. The van der Waals surface area contributed by atoms with Crippen molar-refractivity contribution >= 4 is 11.3 Å². The smallest absolute Gasteiger partial charge is 0.123 e. The molecule has 0 amide bonds. The van der Waals surface area contributed by atoms with Crippen LogP contribution in [0.5, 0.6) is 0 Å². The molecule has 0 aliphatic carbocycles. The van der Waals surface area contributed by atoms with Crippen molar-refractivity contribution < 1.29 is 4.74 Å². The molecule has 0 bridgehead atoms. The van der Waals surface area contributed by atoms with Gasteiger partial charge in [-0.25, -0.2) is 4.98 Å². The first-order valence-electron chi connectivity index (χ1n) is 8.17. The summed E-state index contributed by atoms with van der Waals surface area (Å²) in [5, 5.41) is 4.60. The normalized spacial score (nSPS) is 20.3. The van der Waals surface area contributed by atoms with Crippen molar-refractivity contribution in [3.63, 3.8) is 0 Å². The highest BCUT2D eigenvalue weighted by molar-refractivity contribution is 7.11. The van der Waals surface area contributed by atoms with Gasteiger partial charge in [-0.15, -0.1) is 11.3 Å². The zero-order chi connectivity index (χ0) is 15.2. The molecule has 1 atom stereocenters. The Morgan fingerprint density at radius 2 is 2.24 bits per heavy atom. The minimum atomic E-state index is 0.157. The Bertz CT molecular complexity index is 433. The molecule has 120 valence electrons. The monoisotopic (exact) mass is 311 g/mol. The van der Waals surface area contributed by atoms with E-state index in [1.807, 2.05) is 11.3 Å². The molecule has 1 N–H and O–H groups in total. The van der Waals surface area contributed by atoms with Crippen LogP contribution in [0, 0.1) is 5.92 Å². The number of ether oxygens (including phenoxy) is 1. The van der Waals surface area contributed by atoms with Crippen LogP contribution in [-0.4, -0.2) is 42.7 Å². The third-order valence-electron chi connectivity index (χ3n) is 3.81. The SMILES string of the molecule is CCNCc1sc(C2CN(CC)CCO2)nc1CC(C)C. The van der Waals surface area contributed by atoms with Gasteiger partial charge in [0.05, 0.1) is 12.3 Å². The van der Waals surface area contributed by atoms with Gasteiger partial charge in [-0.2, -0.15) is 0 Å². The summed E-state index contributed by atoms with van der Waals surface area (Å²) in [6.07, 6.45) is 1.21. The number of nitrogens with zero attached hydrogens (tertiary/aromatic N) is 2. The predicted octanol–water partition coefficient (Wildman–Crippen LogP) is 2.84. The second-order valence-electron chi connectivity index (χ2n) is 6.05. The van der Waals surface area contributed by atoms with E-state index < -0.39 is 0 Å².